The topological polar surface area (TPSA) is 133 Å². The lowest BCUT2D eigenvalue weighted by molar-refractivity contribution is -0.179. The minimum absolute atomic E-state index is 0.0376. The van der Waals surface area contributed by atoms with Gasteiger partial charge in [0, 0.05) is 6.54 Å². The summed E-state index contributed by atoms with van der Waals surface area (Å²) in [4.78, 5) is 29.7. The van der Waals surface area contributed by atoms with Crippen LogP contribution in [0, 0.1) is 0 Å². The van der Waals surface area contributed by atoms with E-state index < -0.39 is 41.2 Å². The van der Waals surface area contributed by atoms with Gasteiger partial charge in [0.2, 0.25) is 6.79 Å². The van der Waals surface area contributed by atoms with Crippen LogP contribution in [0.1, 0.15) is 75.0 Å². The summed E-state index contributed by atoms with van der Waals surface area (Å²) in [5.41, 5.74) is -0.870. The number of hydrogen-bond acceptors (Lipinski definition) is 11. The largest absolute Gasteiger partial charge is 0.497 e. The molecule has 2 aromatic carbocycles. The van der Waals surface area contributed by atoms with Gasteiger partial charge in [-0.25, -0.2) is 4.79 Å². The van der Waals surface area contributed by atoms with Crippen LogP contribution in [-0.2, 0) is 36.8 Å². The van der Waals surface area contributed by atoms with Crippen LogP contribution >= 0.6 is 0 Å². The molecule has 0 amide bonds. The summed E-state index contributed by atoms with van der Waals surface area (Å²) in [7, 11) is 3.12. The van der Waals surface area contributed by atoms with Gasteiger partial charge in [-0.1, -0.05) is 12.1 Å². The summed E-state index contributed by atoms with van der Waals surface area (Å²) >= 11 is 0. The Morgan fingerprint density at radius 2 is 1.77 bits per heavy atom. The fourth-order valence-electron chi connectivity index (χ4n) is 7.57. The molecule has 47 heavy (non-hydrogen) atoms. The molecule has 0 saturated carbocycles. The van der Waals surface area contributed by atoms with Crippen LogP contribution in [0.4, 0.5) is 0 Å². The molecule has 4 atom stereocenters. The number of hydrogen-bond donors (Lipinski definition) is 2. The van der Waals surface area contributed by atoms with Crippen LogP contribution in [0.15, 0.2) is 48.2 Å². The highest BCUT2D eigenvalue weighted by Crippen LogP contribution is 2.55. The van der Waals surface area contributed by atoms with Gasteiger partial charge < -0.3 is 38.6 Å². The molecule has 0 bridgehead atoms. The molecule has 11 nitrogen and oxygen atoms in total. The Kier molecular flexibility index (Phi) is 9.17. The van der Waals surface area contributed by atoms with Crippen molar-refractivity contribution in [3.8, 4) is 17.2 Å². The van der Waals surface area contributed by atoms with Crippen LogP contribution in [0.2, 0.25) is 0 Å². The fourth-order valence-corrected chi connectivity index (χ4v) is 7.57. The first-order valence-corrected chi connectivity index (χ1v) is 16.3. The van der Waals surface area contributed by atoms with E-state index in [1.807, 2.05) is 12.1 Å². The molecule has 2 unspecified atom stereocenters. The van der Waals surface area contributed by atoms with Crippen LogP contribution in [0.25, 0.3) is 0 Å². The summed E-state index contributed by atoms with van der Waals surface area (Å²) in [5, 5.41) is 22.2. The summed E-state index contributed by atoms with van der Waals surface area (Å²) in [6.07, 6.45) is 3.70. The molecule has 4 aliphatic rings. The van der Waals surface area contributed by atoms with Gasteiger partial charge in [0.1, 0.15) is 18.1 Å². The lowest BCUT2D eigenvalue weighted by Gasteiger charge is -2.39. The second-order valence-corrected chi connectivity index (χ2v) is 13.7. The summed E-state index contributed by atoms with van der Waals surface area (Å²) in [5.74, 6) is 0.494. The zero-order valence-corrected chi connectivity index (χ0v) is 27.6. The van der Waals surface area contributed by atoms with Crippen molar-refractivity contribution < 1.29 is 48.2 Å². The summed E-state index contributed by atoms with van der Waals surface area (Å²) < 4.78 is 34.3. The number of methoxy groups -OCH3 is 2. The van der Waals surface area contributed by atoms with E-state index in [2.05, 4.69) is 11.0 Å². The Balaban J connectivity index is 1.27. The Labute approximate surface area is 275 Å². The molecule has 2 N–H and O–H groups in total. The molecule has 3 heterocycles. The molecule has 0 aromatic heterocycles. The second kappa shape index (κ2) is 13.0. The van der Waals surface area contributed by atoms with Crippen molar-refractivity contribution in [1.29, 1.82) is 0 Å². The molecule has 2 aromatic rings. The molecule has 1 aliphatic carbocycles. The highest BCUT2D eigenvalue weighted by atomic mass is 16.7. The summed E-state index contributed by atoms with van der Waals surface area (Å²) in [6, 6.07) is 11.1. The quantitative estimate of drug-likeness (QED) is 0.321. The van der Waals surface area contributed by atoms with Gasteiger partial charge in [-0.05, 0) is 106 Å². The van der Waals surface area contributed by atoms with Crippen molar-refractivity contribution in [3.63, 3.8) is 0 Å². The molecule has 3 aliphatic heterocycles. The van der Waals surface area contributed by atoms with Gasteiger partial charge in [-0.2, -0.15) is 0 Å². The third-order valence-electron chi connectivity index (χ3n) is 9.95. The first-order valence-electron chi connectivity index (χ1n) is 16.3. The van der Waals surface area contributed by atoms with Crippen molar-refractivity contribution in [2.24, 2.45) is 0 Å². The van der Waals surface area contributed by atoms with Gasteiger partial charge >= 0.3 is 11.9 Å². The van der Waals surface area contributed by atoms with Crippen LogP contribution in [-0.4, -0.2) is 84.0 Å². The zero-order chi connectivity index (χ0) is 33.4. The molecule has 1 fully saturated rings. The van der Waals surface area contributed by atoms with Crippen molar-refractivity contribution in [2.45, 2.75) is 94.2 Å². The normalized spacial score (nSPS) is 24.3. The molecule has 1 spiro atoms. The second-order valence-electron chi connectivity index (χ2n) is 13.7. The Bertz CT molecular complexity index is 1510. The minimum atomic E-state index is -2.20. The Morgan fingerprint density at radius 3 is 2.47 bits per heavy atom. The van der Waals surface area contributed by atoms with E-state index in [9.17, 15) is 19.8 Å². The number of nitrogens with zero attached hydrogens (tertiary/aromatic N) is 1. The van der Waals surface area contributed by atoms with Crippen LogP contribution in [0.5, 0.6) is 17.2 Å². The number of carbonyl (C=O) groups is 2. The predicted octanol–water partition coefficient (Wildman–Crippen LogP) is 4.16. The number of esters is 2. The average Bonchev–Trinajstić information content (AvgIpc) is 3.73. The van der Waals surface area contributed by atoms with Crippen molar-refractivity contribution >= 4 is 11.9 Å². The maximum atomic E-state index is 14.2. The Hall–Kier alpha value is -3.80. The van der Waals surface area contributed by atoms with Gasteiger partial charge in [0.15, 0.2) is 23.2 Å². The Morgan fingerprint density at radius 1 is 1.02 bits per heavy atom. The molecule has 6 rings (SSSR count). The van der Waals surface area contributed by atoms with E-state index >= 15 is 0 Å². The van der Waals surface area contributed by atoms with E-state index in [0.29, 0.717) is 29.4 Å². The third kappa shape index (κ3) is 6.66. The van der Waals surface area contributed by atoms with E-state index in [1.165, 1.54) is 0 Å². The van der Waals surface area contributed by atoms with Gasteiger partial charge in [-0.3, -0.25) is 9.69 Å². The first-order chi connectivity index (χ1) is 22.4. The SMILES string of the molecule is COC1=CC23CCCN2CCc2cc4c(cc2[C@@H]3C1OC(=O)[C@@](O)(CCCC(C)(C)O)CC(=O)OCc1ccc(OC)cc1)OCO4. The first kappa shape index (κ1) is 33.1. The van der Waals surface area contributed by atoms with Crippen LogP contribution in [0.3, 0.4) is 0 Å². The fraction of sp³-hybridized carbons (Fsp3) is 0.556. The lowest BCUT2D eigenvalue weighted by atomic mass is 9.77. The lowest BCUT2D eigenvalue weighted by Crippen LogP contribution is -2.49. The van der Waals surface area contributed by atoms with Gasteiger partial charge in [0.25, 0.3) is 0 Å². The maximum Gasteiger partial charge on any atom is 0.339 e. The van der Waals surface area contributed by atoms with Gasteiger partial charge in [0.05, 0.1) is 37.7 Å². The van der Waals surface area contributed by atoms with Gasteiger partial charge in [-0.15, -0.1) is 0 Å². The smallest absolute Gasteiger partial charge is 0.339 e. The highest BCUT2D eigenvalue weighted by molar-refractivity contribution is 5.86. The monoisotopic (exact) mass is 651 g/mol. The number of benzene rings is 2. The number of ether oxygens (including phenoxy) is 6. The number of fused-ring (bicyclic) bond motifs is 3. The summed E-state index contributed by atoms with van der Waals surface area (Å²) in [6.45, 7) is 5.13. The molecule has 0 radical (unpaired) electrons. The van der Waals surface area contributed by atoms with Crippen LogP contribution < -0.4 is 14.2 Å². The van der Waals surface area contributed by atoms with E-state index in [0.717, 1.165) is 49.0 Å². The third-order valence-corrected chi connectivity index (χ3v) is 9.95. The molecular formula is C36H45NO10. The molecule has 11 heteroatoms. The number of carbonyl (C=O) groups excluding carboxylic acids is 2. The maximum absolute atomic E-state index is 14.2. The number of aliphatic hydroxyl groups is 2. The standard InChI is InChI=1S/C36H45NO10/c1-34(2,40)12-5-14-36(41,20-30(38)44-21-23-7-9-25(42-3)10-8-23)33(39)47-32-29(43-4)19-35-13-6-15-37(35)16-11-24-17-27-28(46-22-45-27)18-26(24)31(32)35/h7-10,17-19,31-32,40-41H,5-6,11-16,20-22H2,1-4H3/t31-,32?,35?,36-/m1/s1. The van der Waals surface area contributed by atoms with E-state index in [1.54, 1.807) is 52.3 Å². The minimum Gasteiger partial charge on any atom is -0.497 e. The van der Waals surface area contributed by atoms with Crippen molar-refractivity contribution in [1.82, 2.24) is 4.90 Å². The highest BCUT2D eigenvalue weighted by Gasteiger charge is 2.59. The average molecular weight is 652 g/mol. The van der Waals surface area contributed by atoms with E-state index in [-0.39, 0.29) is 32.2 Å². The van der Waals surface area contributed by atoms with E-state index in [4.69, 9.17) is 28.4 Å². The molecular weight excluding hydrogens is 606 g/mol. The zero-order valence-electron chi connectivity index (χ0n) is 27.6. The molecule has 1 saturated heterocycles. The van der Waals surface area contributed by atoms with Crippen molar-refractivity contribution in [3.05, 3.63) is 64.9 Å². The van der Waals surface area contributed by atoms with Crippen molar-refractivity contribution in [2.75, 3.05) is 34.1 Å². The predicted molar refractivity (Wildman–Crippen MR) is 170 cm³/mol. The molecule has 254 valence electrons. The number of rotatable bonds is 12.